The van der Waals surface area contributed by atoms with Gasteiger partial charge in [0.2, 0.25) is 0 Å². The van der Waals surface area contributed by atoms with Gasteiger partial charge < -0.3 is 4.90 Å². The number of benzene rings is 2. The molecule has 0 saturated carbocycles. The predicted molar refractivity (Wildman–Crippen MR) is 98.2 cm³/mol. The molecule has 0 atom stereocenters. The molecular formula is C20H24ClNO. The Labute approximate surface area is 144 Å². The molecule has 0 N–H and O–H groups in total. The highest BCUT2D eigenvalue weighted by Crippen LogP contribution is 2.32. The Morgan fingerprint density at radius 2 is 1.78 bits per heavy atom. The van der Waals surface area contributed by atoms with E-state index in [1.165, 1.54) is 5.56 Å². The van der Waals surface area contributed by atoms with Crippen LogP contribution in [0.2, 0.25) is 5.02 Å². The summed E-state index contributed by atoms with van der Waals surface area (Å²) >= 11 is 6.19. The zero-order valence-corrected chi connectivity index (χ0v) is 15.0. The highest BCUT2D eigenvalue weighted by Gasteiger charge is 2.15. The van der Waals surface area contributed by atoms with E-state index in [-0.39, 0.29) is 5.91 Å². The average molecular weight is 330 g/mol. The summed E-state index contributed by atoms with van der Waals surface area (Å²) in [5.41, 5.74) is 4.10. The van der Waals surface area contributed by atoms with E-state index in [0.717, 1.165) is 16.7 Å². The predicted octanol–water partition coefficient (Wildman–Crippen LogP) is 5.61. The van der Waals surface area contributed by atoms with Crippen LogP contribution in [0.25, 0.3) is 11.1 Å². The van der Waals surface area contributed by atoms with Gasteiger partial charge in [0.15, 0.2) is 0 Å². The minimum Gasteiger partial charge on any atom is -0.339 e. The lowest BCUT2D eigenvalue weighted by molar-refractivity contribution is 0.0773. The summed E-state index contributed by atoms with van der Waals surface area (Å²) in [5, 5.41) is 0.713. The Bertz CT molecular complexity index is 690. The highest BCUT2D eigenvalue weighted by molar-refractivity contribution is 6.30. The lowest BCUT2D eigenvalue weighted by Gasteiger charge is -2.19. The van der Waals surface area contributed by atoms with E-state index in [4.69, 9.17) is 11.6 Å². The molecule has 0 fully saturated rings. The lowest BCUT2D eigenvalue weighted by Crippen LogP contribution is -2.30. The van der Waals surface area contributed by atoms with Crippen molar-refractivity contribution in [2.45, 2.75) is 33.6 Å². The van der Waals surface area contributed by atoms with Gasteiger partial charge in [0.25, 0.3) is 5.91 Å². The maximum absolute atomic E-state index is 12.6. The van der Waals surface area contributed by atoms with E-state index in [1.807, 2.05) is 55.1 Å². The largest absolute Gasteiger partial charge is 0.339 e. The smallest absolute Gasteiger partial charge is 0.253 e. The molecule has 0 aliphatic heterocycles. The van der Waals surface area contributed by atoms with Crippen molar-refractivity contribution < 1.29 is 4.79 Å². The highest BCUT2D eigenvalue weighted by atomic mass is 35.5. The van der Waals surface area contributed by atoms with Crippen LogP contribution in [0.15, 0.2) is 42.5 Å². The molecule has 0 aliphatic rings. The van der Waals surface area contributed by atoms with Crippen molar-refractivity contribution in [2.75, 3.05) is 13.1 Å². The van der Waals surface area contributed by atoms with Gasteiger partial charge in [-0.2, -0.15) is 0 Å². The van der Waals surface area contributed by atoms with Crippen LogP contribution in [0, 0.1) is 0 Å². The zero-order chi connectivity index (χ0) is 17.0. The molecule has 122 valence electrons. The Kier molecular flexibility index (Phi) is 5.84. The standard InChI is InChI=1S/C20H24ClNO/c1-5-22(6-2)20(23)16-9-7-8-15(12-16)19-13-17(21)10-11-18(19)14(3)4/h7-14H,5-6H2,1-4H3. The fraction of sp³-hybridized carbons (Fsp3) is 0.350. The van der Waals surface area contributed by atoms with Gasteiger partial charge in [-0.15, -0.1) is 0 Å². The molecule has 23 heavy (non-hydrogen) atoms. The second kappa shape index (κ2) is 7.65. The van der Waals surface area contributed by atoms with Crippen molar-refractivity contribution in [3.63, 3.8) is 0 Å². The van der Waals surface area contributed by atoms with Crippen LogP contribution in [-0.4, -0.2) is 23.9 Å². The number of nitrogens with zero attached hydrogens (tertiary/aromatic N) is 1. The topological polar surface area (TPSA) is 20.3 Å². The van der Waals surface area contributed by atoms with Crippen molar-refractivity contribution in [2.24, 2.45) is 0 Å². The van der Waals surface area contributed by atoms with Gasteiger partial charge >= 0.3 is 0 Å². The first kappa shape index (κ1) is 17.6. The van der Waals surface area contributed by atoms with Crippen LogP contribution in [0.5, 0.6) is 0 Å². The molecule has 0 radical (unpaired) electrons. The molecule has 0 unspecified atom stereocenters. The molecule has 2 rings (SSSR count). The Balaban J connectivity index is 2.49. The SMILES string of the molecule is CCN(CC)C(=O)c1cccc(-c2cc(Cl)ccc2C(C)C)c1. The third-order valence-corrected chi connectivity index (χ3v) is 4.34. The van der Waals surface area contributed by atoms with Gasteiger partial charge in [0.05, 0.1) is 0 Å². The third-order valence-electron chi connectivity index (χ3n) is 4.11. The summed E-state index contributed by atoms with van der Waals surface area (Å²) in [7, 11) is 0. The third kappa shape index (κ3) is 3.94. The molecule has 2 nitrogen and oxygen atoms in total. The molecule has 1 amide bonds. The first-order valence-electron chi connectivity index (χ1n) is 8.17. The van der Waals surface area contributed by atoms with E-state index < -0.39 is 0 Å². The van der Waals surface area contributed by atoms with E-state index in [0.29, 0.717) is 24.0 Å². The zero-order valence-electron chi connectivity index (χ0n) is 14.3. The van der Waals surface area contributed by atoms with Gasteiger partial charge in [-0.05, 0) is 60.7 Å². The summed E-state index contributed by atoms with van der Waals surface area (Å²) in [6.45, 7) is 9.76. The molecule has 0 bridgehead atoms. The first-order valence-corrected chi connectivity index (χ1v) is 8.54. The van der Waals surface area contributed by atoms with Crippen molar-refractivity contribution in [3.8, 4) is 11.1 Å². The molecular weight excluding hydrogens is 306 g/mol. The number of amides is 1. The van der Waals surface area contributed by atoms with Crippen LogP contribution in [0.3, 0.4) is 0 Å². The van der Waals surface area contributed by atoms with E-state index in [2.05, 4.69) is 19.9 Å². The summed E-state index contributed by atoms with van der Waals surface area (Å²) in [6, 6.07) is 13.8. The minimum atomic E-state index is 0.0741. The Hall–Kier alpha value is -1.80. The fourth-order valence-corrected chi connectivity index (χ4v) is 2.97. The van der Waals surface area contributed by atoms with Gasteiger partial charge in [-0.25, -0.2) is 0 Å². The number of halogens is 1. The number of hydrogen-bond acceptors (Lipinski definition) is 1. The normalized spacial score (nSPS) is 10.9. The van der Waals surface area contributed by atoms with Crippen molar-refractivity contribution in [1.82, 2.24) is 4.90 Å². The maximum Gasteiger partial charge on any atom is 0.253 e. The second-order valence-corrected chi connectivity index (χ2v) is 6.38. The summed E-state index contributed by atoms with van der Waals surface area (Å²) in [4.78, 5) is 14.4. The minimum absolute atomic E-state index is 0.0741. The molecule has 0 aliphatic carbocycles. The van der Waals surface area contributed by atoms with Gasteiger partial charge in [0, 0.05) is 23.7 Å². The van der Waals surface area contributed by atoms with Gasteiger partial charge in [-0.1, -0.05) is 43.6 Å². The molecule has 3 heteroatoms. The molecule has 0 saturated heterocycles. The number of carbonyl (C=O) groups excluding carboxylic acids is 1. The van der Waals surface area contributed by atoms with Crippen LogP contribution in [0.4, 0.5) is 0 Å². The number of carbonyl (C=O) groups is 1. The summed E-state index contributed by atoms with van der Waals surface area (Å²) in [5.74, 6) is 0.467. The van der Waals surface area contributed by atoms with E-state index in [9.17, 15) is 4.79 Å². The lowest BCUT2D eigenvalue weighted by atomic mass is 9.92. The van der Waals surface area contributed by atoms with E-state index >= 15 is 0 Å². The van der Waals surface area contributed by atoms with Crippen LogP contribution < -0.4 is 0 Å². The number of hydrogen-bond donors (Lipinski definition) is 0. The number of rotatable bonds is 5. The summed E-state index contributed by atoms with van der Waals surface area (Å²) < 4.78 is 0. The maximum atomic E-state index is 12.6. The Morgan fingerprint density at radius 1 is 1.09 bits per heavy atom. The second-order valence-electron chi connectivity index (χ2n) is 5.94. The van der Waals surface area contributed by atoms with Gasteiger partial charge in [-0.3, -0.25) is 4.79 Å². The van der Waals surface area contributed by atoms with Gasteiger partial charge in [0.1, 0.15) is 0 Å². The van der Waals surface area contributed by atoms with Crippen LogP contribution in [0.1, 0.15) is 49.5 Å². The molecule has 0 spiro atoms. The summed E-state index contributed by atoms with van der Waals surface area (Å²) in [6.07, 6.45) is 0. The average Bonchev–Trinajstić information content (AvgIpc) is 2.55. The van der Waals surface area contributed by atoms with E-state index in [1.54, 1.807) is 0 Å². The van der Waals surface area contributed by atoms with Crippen LogP contribution in [-0.2, 0) is 0 Å². The quantitative estimate of drug-likeness (QED) is 0.698. The first-order chi connectivity index (χ1) is 11.0. The molecule has 0 aromatic heterocycles. The molecule has 0 heterocycles. The molecule has 2 aromatic carbocycles. The molecule has 2 aromatic rings. The fourth-order valence-electron chi connectivity index (χ4n) is 2.80. The van der Waals surface area contributed by atoms with Crippen LogP contribution >= 0.6 is 11.6 Å². The Morgan fingerprint density at radius 3 is 2.39 bits per heavy atom. The monoisotopic (exact) mass is 329 g/mol. The van der Waals surface area contributed by atoms with Crippen molar-refractivity contribution >= 4 is 17.5 Å². The van der Waals surface area contributed by atoms with Crippen molar-refractivity contribution in [1.29, 1.82) is 0 Å². The van der Waals surface area contributed by atoms with Crippen molar-refractivity contribution in [3.05, 3.63) is 58.6 Å².